The van der Waals surface area contributed by atoms with E-state index in [1.165, 1.54) is 4.90 Å². The first-order chi connectivity index (χ1) is 11.5. The van der Waals surface area contributed by atoms with Crippen molar-refractivity contribution in [2.24, 2.45) is 11.8 Å². The van der Waals surface area contributed by atoms with Crippen LogP contribution >= 0.6 is 0 Å². The van der Waals surface area contributed by atoms with Crippen molar-refractivity contribution in [2.75, 3.05) is 26.4 Å². The van der Waals surface area contributed by atoms with E-state index in [4.69, 9.17) is 14.2 Å². The standard InChI is InChI=1S/C17H25NO5Si/c1-24(2)7-3-6-18-15(19)13-12-4-5-17(23-12,14(13)16(18)20)10-21-8-11-9-22-11/h4-5,11-14,24H,3,6-10H2,1-2H3. The number of carbonyl (C=O) groups is 2. The zero-order valence-electron chi connectivity index (χ0n) is 14.3. The fourth-order valence-electron chi connectivity index (χ4n) is 4.12. The van der Waals surface area contributed by atoms with E-state index in [0.29, 0.717) is 19.8 Å². The van der Waals surface area contributed by atoms with Crippen molar-refractivity contribution in [2.45, 2.75) is 43.4 Å². The molecule has 0 radical (unpaired) electrons. The third-order valence-electron chi connectivity index (χ3n) is 5.44. The molecule has 4 aliphatic heterocycles. The van der Waals surface area contributed by atoms with Gasteiger partial charge in [-0.05, 0) is 6.42 Å². The van der Waals surface area contributed by atoms with Gasteiger partial charge < -0.3 is 14.2 Å². The minimum atomic E-state index is -0.765. The molecule has 4 aliphatic rings. The highest BCUT2D eigenvalue weighted by atomic mass is 28.3. The molecule has 3 fully saturated rings. The summed E-state index contributed by atoms with van der Waals surface area (Å²) in [7, 11) is -0.660. The summed E-state index contributed by atoms with van der Waals surface area (Å²) in [6, 6.07) is 1.15. The summed E-state index contributed by atoms with van der Waals surface area (Å²) in [4.78, 5) is 27.1. The Balaban J connectivity index is 1.44. The van der Waals surface area contributed by atoms with E-state index in [1.807, 2.05) is 12.2 Å². The summed E-state index contributed by atoms with van der Waals surface area (Å²) in [5.41, 5.74) is -0.765. The number of rotatable bonds is 8. The largest absolute Gasteiger partial charge is 0.375 e. The summed E-state index contributed by atoms with van der Waals surface area (Å²) in [5, 5.41) is 0. The SMILES string of the molecule is C[SiH](C)CCCN1C(=O)C2C3C=CC(COCC4CO4)(O3)C2C1=O. The van der Waals surface area contributed by atoms with Crippen LogP contribution in [-0.4, -0.2) is 69.7 Å². The molecule has 0 aromatic carbocycles. The fraction of sp³-hybridized carbons (Fsp3) is 0.765. The first-order valence-corrected chi connectivity index (χ1v) is 12.1. The number of ether oxygens (including phenoxy) is 3. The second kappa shape index (κ2) is 6.05. The maximum Gasteiger partial charge on any atom is 0.236 e. The molecular formula is C17H25NO5Si. The molecule has 0 spiro atoms. The first kappa shape index (κ1) is 16.4. The molecule has 0 saturated carbocycles. The van der Waals surface area contributed by atoms with Crippen LogP contribution < -0.4 is 0 Å². The second-order valence-corrected chi connectivity index (χ2v) is 11.1. The molecule has 4 heterocycles. The van der Waals surface area contributed by atoms with Crippen LogP contribution in [0.25, 0.3) is 0 Å². The van der Waals surface area contributed by atoms with Crippen molar-refractivity contribution in [3.63, 3.8) is 0 Å². The number of carbonyl (C=O) groups excluding carboxylic acids is 2. The Bertz CT molecular complexity index is 575. The van der Waals surface area contributed by atoms with Crippen LogP contribution in [0.4, 0.5) is 0 Å². The molecule has 2 bridgehead atoms. The smallest absolute Gasteiger partial charge is 0.236 e. The molecule has 4 rings (SSSR count). The van der Waals surface area contributed by atoms with Gasteiger partial charge in [0.2, 0.25) is 11.8 Å². The summed E-state index contributed by atoms with van der Waals surface area (Å²) < 4.78 is 16.9. The quantitative estimate of drug-likeness (QED) is 0.277. The Morgan fingerprint density at radius 2 is 2.17 bits per heavy atom. The van der Waals surface area contributed by atoms with Crippen molar-refractivity contribution in [3.8, 4) is 0 Å². The lowest BCUT2D eigenvalue weighted by Gasteiger charge is -2.28. The maximum atomic E-state index is 12.9. The van der Waals surface area contributed by atoms with Gasteiger partial charge in [0.25, 0.3) is 0 Å². The summed E-state index contributed by atoms with van der Waals surface area (Å²) in [5.74, 6) is -0.915. The van der Waals surface area contributed by atoms with Gasteiger partial charge in [-0.1, -0.05) is 31.3 Å². The average Bonchev–Trinajstić information content (AvgIpc) is 3.10. The van der Waals surface area contributed by atoms with Crippen LogP contribution in [0.15, 0.2) is 12.2 Å². The Labute approximate surface area is 143 Å². The van der Waals surface area contributed by atoms with Crippen LogP contribution in [0.3, 0.4) is 0 Å². The molecule has 6 nitrogen and oxygen atoms in total. The monoisotopic (exact) mass is 351 g/mol. The molecule has 5 unspecified atom stereocenters. The van der Waals surface area contributed by atoms with Gasteiger partial charge in [-0.25, -0.2) is 0 Å². The van der Waals surface area contributed by atoms with Gasteiger partial charge >= 0.3 is 0 Å². The maximum absolute atomic E-state index is 12.9. The van der Waals surface area contributed by atoms with Gasteiger partial charge in [-0.15, -0.1) is 0 Å². The number of hydrogen-bond donors (Lipinski definition) is 0. The normalized spacial score (nSPS) is 39.4. The van der Waals surface area contributed by atoms with E-state index in [1.54, 1.807) is 0 Å². The first-order valence-electron chi connectivity index (χ1n) is 8.93. The van der Waals surface area contributed by atoms with Gasteiger partial charge in [-0.2, -0.15) is 0 Å². The number of imide groups is 1. The molecule has 3 saturated heterocycles. The molecule has 132 valence electrons. The van der Waals surface area contributed by atoms with E-state index in [9.17, 15) is 9.59 Å². The topological polar surface area (TPSA) is 68.4 Å². The van der Waals surface area contributed by atoms with Crippen LogP contribution in [-0.2, 0) is 23.8 Å². The van der Waals surface area contributed by atoms with Gasteiger partial charge in [0.05, 0.1) is 37.8 Å². The molecule has 0 aliphatic carbocycles. The number of epoxide rings is 1. The van der Waals surface area contributed by atoms with Crippen molar-refractivity contribution < 1.29 is 23.8 Å². The van der Waals surface area contributed by atoms with E-state index in [0.717, 1.165) is 19.1 Å². The Kier molecular flexibility index (Phi) is 4.15. The van der Waals surface area contributed by atoms with Crippen molar-refractivity contribution >= 4 is 20.6 Å². The van der Waals surface area contributed by atoms with Gasteiger partial charge in [0.15, 0.2) is 0 Å². The highest BCUT2D eigenvalue weighted by Gasteiger charge is 2.67. The zero-order valence-corrected chi connectivity index (χ0v) is 15.4. The molecule has 2 amide bonds. The molecule has 24 heavy (non-hydrogen) atoms. The van der Waals surface area contributed by atoms with E-state index >= 15 is 0 Å². The van der Waals surface area contributed by atoms with Gasteiger partial charge in [0.1, 0.15) is 11.7 Å². The fourth-order valence-corrected chi connectivity index (χ4v) is 5.12. The van der Waals surface area contributed by atoms with Gasteiger partial charge in [-0.3, -0.25) is 14.5 Å². The molecular weight excluding hydrogens is 326 g/mol. The Morgan fingerprint density at radius 1 is 1.38 bits per heavy atom. The van der Waals surface area contributed by atoms with E-state index < -0.39 is 20.3 Å². The summed E-state index contributed by atoms with van der Waals surface area (Å²) >= 11 is 0. The molecule has 7 heteroatoms. The minimum absolute atomic E-state index is 0.0582. The van der Waals surface area contributed by atoms with Crippen LogP contribution in [0.5, 0.6) is 0 Å². The molecule has 0 N–H and O–H groups in total. The van der Waals surface area contributed by atoms with Crippen LogP contribution in [0.2, 0.25) is 19.1 Å². The highest BCUT2D eigenvalue weighted by Crippen LogP contribution is 2.51. The molecule has 0 aromatic rings. The minimum Gasteiger partial charge on any atom is -0.375 e. The number of fused-ring (bicyclic) bond motifs is 5. The van der Waals surface area contributed by atoms with Crippen molar-refractivity contribution in [1.29, 1.82) is 0 Å². The number of nitrogens with zero attached hydrogens (tertiary/aromatic N) is 1. The summed E-state index contributed by atoms with van der Waals surface area (Å²) in [6.45, 7) is 6.70. The Hall–Kier alpha value is -1.02. The van der Waals surface area contributed by atoms with E-state index in [-0.39, 0.29) is 29.9 Å². The lowest BCUT2D eigenvalue weighted by molar-refractivity contribution is -0.146. The third kappa shape index (κ3) is 2.67. The van der Waals surface area contributed by atoms with E-state index in [2.05, 4.69) is 13.1 Å². The molecule has 0 aromatic heterocycles. The molecule has 5 atom stereocenters. The van der Waals surface area contributed by atoms with Gasteiger partial charge in [0, 0.05) is 15.3 Å². The predicted octanol–water partition coefficient (Wildman–Crippen LogP) is 0.587. The number of amides is 2. The van der Waals surface area contributed by atoms with Crippen LogP contribution in [0.1, 0.15) is 6.42 Å². The lowest BCUT2D eigenvalue weighted by Crippen LogP contribution is -2.44. The Morgan fingerprint density at radius 3 is 2.88 bits per heavy atom. The summed E-state index contributed by atoms with van der Waals surface area (Å²) in [6.07, 6.45) is 4.67. The zero-order chi connectivity index (χ0) is 16.9. The number of hydrogen-bond acceptors (Lipinski definition) is 5. The number of likely N-dealkylation sites (tertiary alicyclic amines) is 1. The average molecular weight is 351 g/mol. The van der Waals surface area contributed by atoms with Crippen molar-refractivity contribution in [1.82, 2.24) is 4.90 Å². The second-order valence-electron chi connectivity index (χ2n) is 7.73. The highest BCUT2D eigenvalue weighted by molar-refractivity contribution is 6.55. The third-order valence-corrected chi connectivity index (χ3v) is 7.01. The van der Waals surface area contributed by atoms with Crippen molar-refractivity contribution in [3.05, 3.63) is 12.2 Å². The lowest BCUT2D eigenvalue weighted by atomic mass is 9.77. The predicted molar refractivity (Wildman–Crippen MR) is 89.3 cm³/mol. The van der Waals surface area contributed by atoms with Crippen LogP contribution in [0, 0.1) is 11.8 Å².